The van der Waals surface area contributed by atoms with Crippen LogP contribution in [0.2, 0.25) is 0 Å². The topological polar surface area (TPSA) is 49.6 Å². The molecule has 0 aliphatic rings. The Hall–Kier alpha value is -3.77. The standard InChI is InChI=1S/C27H23N3/c1-17-9-18(2)12-23(11-17)26-27(24-13-19(3)10-20(4)14-24)30-25(16-29-26)22-7-5-21(15-28)6-8-22/h5-14,16H,1-4H3. The van der Waals surface area contributed by atoms with Crippen LogP contribution in [0.15, 0.2) is 66.9 Å². The molecular formula is C27H23N3. The van der Waals surface area contributed by atoms with Crippen molar-refractivity contribution >= 4 is 0 Å². The Bertz CT molecular complexity index is 1240. The molecule has 3 heteroatoms. The molecule has 1 heterocycles. The molecule has 0 atom stereocenters. The Kier molecular flexibility index (Phi) is 5.16. The largest absolute Gasteiger partial charge is 0.252 e. The van der Waals surface area contributed by atoms with Crippen LogP contribution in [0.5, 0.6) is 0 Å². The van der Waals surface area contributed by atoms with Crippen LogP contribution >= 0.6 is 0 Å². The number of aromatic nitrogens is 2. The Morgan fingerprint density at radius 3 is 1.63 bits per heavy atom. The van der Waals surface area contributed by atoms with Gasteiger partial charge in [0.05, 0.1) is 34.9 Å². The van der Waals surface area contributed by atoms with Crippen LogP contribution in [0.25, 0.3) is 33.8 Å². The lowest BCUT2D eigenvalue weighted by Gasteiger charge is -2.13. The summed E-state index contributed by atoms with van der Waals surface area (Å²) in [7, 11) is 0. The zero-order valence-electron chi connectivity index (χ0n) is 17.7. The third kappa shape index (κ3) is 3.99. The Morgan fingerprint density at radius 2 is 1.13 bits per heavy atom. The van der Waals surface area contributed by atoms with E-state index in [9.17, 15) is 0 Å². The number of nitriles is 1. The van der Waals surface area contributed by atoms with E-state index in [1.807, 2.05) is 30.5 Å². The summed E-state index contributed by atoms with van der Waals surface area (Å²) >= 11 is 0. The fourth-order valence-corrected chi connectivity index (χ4v) is 3.88. The van der Waals surface area contributed by atoms with E-state index in [4.69, 9.17) is 15.2 Å². The third-order valence-electron chi connectivity index (χ3n) is 5.07. The van der Waals surface area contributed by atoms with Gasteiger partial charge in [-0.2, -0.15) is 5.26 Å². The van der Waals surface area contributed by atoms with Gasteiger partial charge in [0.1, 0.15) is 0 Å². The molecule has 0 aliphatic carbocycles. The highest BCUT2D eigenvalue weighted by Crippen LogP contribution is 2.33. The van der Waals surface area contributed by atoms with Crippen molar-refractivity contribution in [3.05, 3.63) is 94.7 Å². The van der Waals surface area contributed by atoms with E-state index in [2.05, 4.69) is 70.2 Å². The summed E-state index contributed by atoms with van der Waals surface area (Å²) in [6.45, 7) is 8.41. The summed E-state index contributed by atoms with van der Waals surface area (Å²) in [4.78, 5) is 9.90. The highest BCUT2D eigenvalue weighted by molar-refractivity contribution is 5.80. The third-order valence-corrected chi connectivity index (χ3v) is 5.07. The molecule has 4 aromatic rings. The first-order valence-corrected chi connectivity index (χ1v) is 9.98. The van der Waals surface area contributed by atoms with Gasteiger partial charge in [0.25, 0.3) is 0 Å². The van der Waals surface area contributed by atoms with E-state index < -0.39 is 0 Å². The molecule has 0 spiro atoms. The normalized spacial score (nSPS) is 10.6. The van der Waals surface area contributed by atoms with Gasteiger partial charge in [0, 0.05) is 16.7 Å². The molecule has 0 aliphatic heterocycles. The van der Waals surface area contributed by atoms with Gasteiger partial charge in [-0.15, -0.1) is 0 Å². The number of rotatable bonds is 3. The predicted octanol–water partition coefficient (Wildman–Crippen LogP) is 6.58. The fraction of sp³-hybridized carbons (Fsp3) is 0.148. The van der Waals surface area contributed by atoms with Crippen molar-refractivity contribution in [1.29, 1.82) is 5.26 Å². The Labute approximate surface area is 177 Å². The summed E-state index contributed by atoms with van der Waals surface area (Å²) in [5, 5.41) is 9.07. The number of aryl methyl sites for hydroxylation is 4. The second-order valence-corrected chi connectivity index (χ2v) is 7.89. The van der Waals surface area contributed by atoms with E-state index in [1.165, 1.54) is 22.3 Å². The molecule has 30 heavy (non-hydrogen) atoms. The van der Waals surface area contributed by atoms with Gasteiger partial charge in [0.2, 0.25) is 0 Å². The highest BCUT2D eigenvalue weighted by Gasteiger charge is 2.15. The van der Waals surface area contributed by atoms with E-state index in [0.717, 1.165) is 33.8 Å². The van der Waals surface area contributed by atoms with E-state index in [-0.39, 0.29) is 0 Å². The van der Waals surface area contributed by atoms with Crippen molar-refractivity contribution in [3.63, 3.8) is 0 Å². The maximum absolute atomic E-state index is 9.07. The molecule has 0 saturated carbocycles. The molecule has 0 saturated heterocycles. The van der Waals surface area contributed by atoms with Crippen molar-refractivity contribution in [1.82, 2.24) is 9.97 Å². The van der Waals surface area contributed by atoms with Crippen LogP contribution in [-0.4, -0.2) is 9.97 Å². The molecule has 146 valence electrons. The molecule has 0 fully saturated rings. The SMILES string of the molecule is Cc1cc(C)cc(-c2ncc(-c3ccc(C#N)cc3)nc2-c2cc(C)cc(C)c2)c1. The lowest BCUT2D eigenvalue weighted by molar-refractivity contribution is 1.20. The van der Waals surface area contributed by atoms with E-state index in [1.54, 1.807) is 0 Å². The summed E-state index contributed by atoms with van der Waals surface area (Å²) in [6.07, 6.45) is 1.82. The van der Waals surface area contributed by atoms with E-state index >= 15 is 0 Å². The lowest BCUT2D eigenvalue weighted by Crippen LogP contribution is -1.97. The predicted molar refractivity (Wildman–Crippen MR) is 122 cm³/mol. The van der Waals surface area contributed by atoms with Crippen LogP contribution in [0, 0.1) is 39.0 Å². The van der Waals surface area contributed by atoms with Crippen LogP contribution in [0.3, 0.4) is 0 Å². The number of nitrogens with zero attached hydrogens (tertiary/aromatic N) is 3. The number of hydrogen-bond donors (Lipinski definition) is 0. The zero-order valence-corrected chi connectivity index (χ0v) is 17.7. The molecule has 0 radical (unpaired) electrons. The molecule has 3 nitrogen and oxygen atoms in total. The first kappa shape index (κ1) is 19.5. The van der Waals surface area contributed by atoms with Crippen LogP contribution in [0.1, 0.15) is 27.8 Å². The van der Waals surface area contributed by atoms with Crippen molar-refractivity contribution in [2.75, 3.05) is 0 Å². The minimum absolute atomic E-state index is 0.632. The maximum Gasteiger partial charge on any atom is 0.0991 e. The number of benzene rings is 3. The molecule has 0 amide bonds. The van der Waals surface area contributed by atoms with Crippen molar-refractivity contribution in [2.45, 2.75) is 27.7 Å². The van der Waals surface area contributed by atoms with E-state index in [0.29, 0.717) is 5.56 Å². The average Bonchev–Trinajstić information content (AvgIpc) is 2.72. The average molecular weight is 390 g/mol. The summed E-state index contributed by atoms with van der Waals surface area (Å²) in [5.41, 5.74) is 11.0. The molecule has 1 aromatic heterocycles. The summed E-state index contributed by atoms with van der Waals surface area (Å²) in [6, 6.07) is 22.6. The second-order valence-electron chi connectivity index (χ2n) is 7.89. The summed E-state index contributed by atoms with van der Waals surface area (Å²) < 4.78 is 0. The molecular weight excluding hydrogens is 366 g/mol. The van der Waals surface area contributed by atoms with Gasteiger partial charge >= 0.3 is 0 Å². The van der Waals surface area contributed by atoms with Crippen LogP contribution in [0.4, 0.5) is 0 Å². The number of hydrogen-bond acceptors (Lipinski definition) is 3. The second kappa shape index (κ2) is 7.93. The van der Waals surface area contributed by atoms with Gasteiger partial charge in [-0.1, -0.05) is 46.5 Å². The molecule has 0 bridgehead atoms. The fourth-order valence-electron chi connectivity index (χ4n) is 3.88. The smallest absolute Gasteiger partial charge is 0.0991 e. The molecule has 4 rings (SSSR count). The Morgan fingerprint density at radius 1 is 0.633 bits per heavy atom. The monoisotopic (exact) mass is 389 g/mol. The quantitative estimate of drug-likeness (QED) is 0.397. The van der Waals surface area contributed by atoms with Crippen molar-refractivity contribution < 1.29 is 0 Å². The van der Waals surface area contributed by atoms with Crippen molar-refractivity contribution in [3.8, 4) is 39.8 Å². The maximum atomic E-state index is 9.07. The zero-order chi connectivity index (χ0) is 21.3. The molecule has 0 unspecified atom stereocenters. The van der Waals surface area contributed by atoms with Gasteiger partial charge < -0.3 is 0 Å². The van der Waals surface area contributed by atoms with Crippen molar-refractivity contribution in [2.24, 2.45) is 0 Å². The first-order valence-electron chi connectivity index (χ1n) is 9.98. The highest BCUT2D eigenvalue weighted by atomic mass is 14.8. The van der Waals surface area contributed by atoms with Gasteiger partial charge in [-0.05, 0) is 64.1 Å². The minimum Gasteiger partial charge on any atom is -0.252 e. The first-order chi connectivity index (χ1) is 14.4. The summed E-state index contributed by atoms with van der Waals surface area (Å²) in [5.74, 6) is 0. The minimum atomic E-state index is 0.632. The molecule has 3 aromatic carbocycles. The molecule has 0 N–H and O–H groups in total. The Balaban J connectivity index is 1.94. The lowest BCUT2D eigenvalue weighted by atomic mass is 9.98. The van der Waals surface area contributed by atoms with Gasteiger partial charge in [-0.25, -0.2) is 4.98 Å². The van der Waals surface area contributed by atoms with Crippen LogP contribution < -0.4 is 0 Å². The van der Waals surface area contributed by atoms with Gasteiger partial charge in [0.15, 0.2) is 0 Å². The van der Waals surface area contributed by atoms with Gasteiger partial charge in [-0.3, -0.25) is 4.98 Å². The van der Waals surface area contributed by atoms with Crippen LogP contribution in [-0.2, 0) is 0 Å².